The van der Waals surface area contributed by atoms with Gasteiger partial charge in [0.25, 0.3) is 27.3 Å². The summed E-state index contributed by atoms with van der Waals surface area (Å²) in [5.41, 5.74) is 0.0237. The fourth-order valence-electron chi connectivity index (χ4n) is 3.98. The molecule has 0 saturated heterocycles. The van der Waals surface area contributed by atoms with Gasteiger partial charge in [0.2, 0.25) is 0 Å². The topological polar surface area (TPSA) is 167 Å². The standard InChI is InChI=1S/C28H21N3O9S/c1-18-9-14-26(19(2)15-18)41(38,39)29(27(32)20-5-3-7-23(16-20)30(34)35)22-10-12-25(13-11-22)40-28(33)21-6-4-8-24(17-21)31(36)37/h3-17H,1-2H3. The van der Waals surface area contributed by atoms with Crippen LogP contribution in [0.5, 0.6) is 5.75 Å². The number of sulfonamides is 1. The van der Waals surface area contributed by atoms with Crippen molar-refractivity contribution in [2.45, 2.75) is 18.7 Å². The normalized spacial score (nSPS) is 11.0. The lowest BCUT2D eigenvalue weighted by atomic mass is 10.2. The molecule has 0 aliphatic heterocycles. The number of carbonyl (C=O) groups excluding carboxylic acids is 2. The van der Waals surface area contributed by atoms with E-state index in [0.29, 0.717) is 9.87 Å². The molecule has 41 heavy (non-hydrogen) atoms. The maximum Gasteiger partial charge on any atom is 0.343 e. The summed E-state index contributed by atoms with van der Waals surface area (Å²) in [6.07, 6.45) is 0. The maximum atomic E-state index is 13.9. The minimum atomic E-state index is -4.53. The van der Waals surface area contributed by atoms with Gasteiger partial charge in [-0.05, 0) is 61.9 Å². The second kappa shape index (κ2) is 11.4. The van der Waals surface area contributed by atoms with E-state index < -0.39 is 37.4 Å². The predicted molar refractivity (Wildman–Crippen MR) is 148 cm³/mol. The summed E-state index contributed by atoms with van der Waals surface area (Å²) in [4.78, 5) is 46.9. The Labute approximate surface area is 233 Å². The van der Waals surface area contributed by atoms with Crippen LogP contribution in [-0.4, -0.2) is 30.1 Å². The number of aryl methyl sites for hydroxylation is 2. The van der Waals surface area contributed by atoms with E-state index in [-0.39, 0.29) is 33.1 Å². The van der Waals surface area contributed by atoms with Gasteiger partial charge in [0.05, 0.1) is 26.0 Å². The van der Waals surface area contributed by atoms with Crippen molar-refractivity contribution in [2.24, 2.45) is 0 Å². The maximum absolute atomic E-state index is 13.9. The van der Waals surface area contributed by atoms with Crippen LogP contribution < -0.4 is 9.04 Å². The van der Waals surface area contributed by atoms with E-state index in [1.807, 2.05) is 0 Å². The first-order valence-electron chi connectivity index (χ1n) is 11.9. The monoisotopic (exact) mass is 575 g/mol. The van der Waals surface area contributed by atoms with Gasteiger partial charge in [0, 0.05) is 29.8 Å². The van der Waals surface area contributed by atoms with Crippen LogP contribution in [0.25, 0.3) is 0 Å². The van der Waals surface area contributed by atoms with E-state index in [2.05, 4.69) is 0 Å². The quantitative estimate of drug-likeness (QED) is 0.116. The summed E-state index contributed by atoms with van der Waals surface area (Å²) in [7, 11) is -4.53. The zero-order valence-electron chi connectivity index (χ0n) is 21.6. The molecule has 0 radical (unpaired) electrons. The fraction of sp³-hybridized carbons (Fsp3) is 0.0714. The van der Waals surface area contributed by atoms with Crippen LogP contribution in [0.15, 0.2) is 95.9 Å². The van der Waals surface area contributed by atoms with Crippen LogP contribution in [-0.2, 0) is 10.0 Å². The van der Waals surface area contributed by atoms with Gasteiger partial charge in [-0.2, -0.15) is 4.31 Å². The number of esters is 1. The summed E-state index contributed by atoms with van der Waals surface area (Å²) in [6.45, 7) is 3.36. The first-order chi connectivity index (χ1) is 19.4. The van der Waals surface area contributed by atoms with Gasteiger partial charge in [0.15, 0.2) is 0 Å². The van der Waals surface area contributed by atoms with Crippen LogP contribution in [0.1, 0.15) is 31.8 Å². The van der Waals surface area contributed by atoms with E-state index >= 15 is 0 Å². The average molecular weight is 576 g/mol. The third kappa shape index (κ3) is 6.09. The molecule has 0 atom stereocenters. The van der Waals surface area contributed by atoms with Gasteiger partial charge in [-0.15, -0.1) is 0 Å². The molecule has 4 aromatic carbocycles. The number of amides is 1. The Bertz CT molecular complexity index is 1800. The molecule has 0 unspecified atom stereocenters. The molecule has 0 bridgehead atoms. The zero-order chi connectivity index (χ0) is 29.9. The Kier molecular flexibility index (Phi) is 7.92. The molecule has 0 aromatic heterocycles. The van der Waals surface area contributed by atoms with Crippen molar-refractivity contribution in [1.82, 2.24) is 0 Å². The first-order valence-corrected chi connectivity index (χ1v) is 13.3. The van der Waals surface area contributed by atoms with Crippen LogP contribution in [0, 0.1) is 34.1 Å². The number of ether oxygens (including phenoxy) is 1. The van der Waals surface area contributed by atoms with Crippen molar-refractivity contribution in [3.63, 3.8) is 0 Å². The van der Waals surface area contributed by atoms with Gasteiger partial charge in [0.1, 0.15) is 5.75 Å². The minimum Gasteiger partial charge on any atom is -0.423 e. The average Bonchev–Trinajstić information content (AvgIpc) is 2.93. The van der Waals surface area contributed by atoms with Crippen molar-refractivity contribution < 1.29 is 32.6 Å². The molecule has 1 amide bonds. The molecule has 0 spiro atoms. The van der Waals surface area contributed by atoms with E-state index in [1.54, 1.807) is 26.0 Å². The highest BCUT2D eigenvalue weighted by atomic mass is 32.2. The molecule has 0 saturated carbocycles. The van der Waals surface area contributed by atoms with Gasteiger partial charge in [-0.3, -0.25) is 25.0 Å². The minimum absolute atomic E-state index is 0.0306. The summed E-state index contributed by atoms with van der Waals surface area (Å²) >= 11 is 0. The van der Waals surface area contributed by atoms with E-state index in [0.717, 1.165) is 17.7 Å². The third-order valence-corrected chi connectivity index (χ3v) is 7.78. The van der Waals surface area contributed by atoms with Crippen molar-refractivity contribution in [1.29, 1.82) is 0 Å². The Hall–Kier alpha value is -5.43. The predicted octanol–water partition coefficient (Wildman–Crippen LogP) is 5.37. The lowest BCUT2D eigenvalue weighted by molar-refractivity contribution is -0.385. The molecular weight excluding hydrogens is 554 g/mol. The SMILES string of the molecule is Cc1ccc(S(=O)(=O)N(C(=O)c2cccc([N+](=O)[O-])c2)c2ccc(OC(=O)c3cccc([N+](=O)[O-])c3)cc2)c(C)c1. The molecule has 0 aliphatic carbocycles. The van der Waals surface area contributed by atoms with E-state index in [1.165, 1.54) is 66.7 Å². The van der Waals surface area contributed by atoms with Crippen LogP contribution in [0.4, 0.5) is 17.1 Å². The molecule has 208 valence electrons. The first kappa shape index (κ1) is 28.6. The Morgan fingerprint density at radius 1 is 0.756 bits per heavy atom. The van der Waals surface area contributed by atoms with Crippen molar-refractivity contribution in [3.8, 4) is 5.75 Å². The number of non-ortho nitro benzene ring substituents is 2. The summed E-state index contributed by atoms with van der Waals surface area (Å²) in [5.74, 6) is -1.97. The van der Waals surface area contributed by atoms with Gasteiger partial charge in [-0.1, -0.05) is 29.8 Å². The molecule has 4 rings (SSSR count). The largest absolute Gasteiger partial charge is 0.423 e. The number of rotatable bonds is 8. The summed E-state index contributed by atoms with van der Waals surface area (Å²) in [6, 6.07) is 19.1. The van der Waals surface area contributed by atoms with Crippen molar-refractivity contribution in [3.05, 3.63) is 133 Å². The molecule has 0 aliphatic rings. The third-order valence-electron chi connectivity index (χ3n) is 5.91. The number of anilines is 1. The number of nitrogens with zero attached hydrogens (tertiary/aromatic N) is 3. The number of carbonyl (C=O) groups is 2. The number of nitro benzene ring substituents is 2. The smallest absolute Gasteiger partial charge is 0.343 e. The van der Waals surface area contributed by atoms with E-state index in [9.17, 15) is 38.2 Å². The lowest BCUT2D eigenvalue weighted by Gasteiger charge is -2.24. The molecule has 4 aromatic rings. The van der Waals surface area contributed by atoms with Crippen LogP contribution in [0.3, 0.4) is 0 Å². The van der Waals surface area contributed by atoms with E-state index in [4.69, 9.17) is 4.74 Å². The molecule has 12 nitrogen and oxygen atoms in total. The number of benzene rings is 4. The van der Waals surface area contributed by atoms with Crippen molar-refractivity contribution in [2.75, 3.05) is 4.31 Å². The zero-order valence-corrected chi connectivity index (χ0v) is 22.4. The molecule has 0 heterocycles. The Morgan fingerprint density at radius 3 is 1.88 bits per heavy atom. The lowest BCUT2D eigenvalue weighted by Crippen LogP contribution is -2.37. The summed E-state index contributed by atoms with van der Waals surface area (Å²) in [5, 5.41) is 22.3. The molecule has 0 fully saturated rings. The second-order valence-electron chi connectivity index (χ2n) is 8.84. The number of hydrogen-bond donors (Lipinski definition) is 0. The Morgan fingerprint density at radius 2 is 1.32 bits per heavy atom. The second-order valence-corrected chi connectivity index (χ2v) is 10.6. The summed E-state index contributed by atoms with van der Waals surface area (Å²) < 4.78 is 33.5. The van der Waals surface area contributed by atoms with Gasteiger partial charge in [-0.25, -0.2) is 13.2 Å². The molecular formula is C28H21N3O9S. The van der Waals surface area contributed by atoms with Crippen LogP contribution >= 0.6 is 0 Å². The Balaban J connectivity index is 1.74. The fourth-order valence-corrected chi connectivity index (χ4v) is 5.61. The highest BCUT2D eigenvalue weighted by molar-refractivity contribution is 7.93. The van der Waals surface area contributed by atoms with Gasteiger partial charge >= 0.3 is 5.97 Å². The molecule has 0 N–H and O–H groups in total. The van der Waals surface area contributed by atoms with Crippen molar-refractivity contribution >= 4 is 39.0 Å². The molecule has 13 heteroatoms. The van der Waals surface area contributed by atoms with Crippen LogP contribution in [0.2, 0.25) is 0 Å². The highest BCUT2D eigenvalue weighted by Gasteiger charge is 2.33. The number of hydrogen-bond acceptors (Lipinski definition) is 9. The van der Waals surface area contributed by atoms with Gasteiger partial charge < -0.3 is 4.74 Å². The number of nitro groups is 2. The highest BCUT2D eigenvalue weighted by Crippen LogP contribution is 2.30.